The second-order valence-electron chi connectivity index (χ2n) is 4.24. The molecule has 0 bridgehead atoms. The van der Waals surface area contributed by atoms with Crippen LogP contribution in [0.3, 0.4) is 0 Å². The second kappa shape index (κ2) is 2.84. The Morgan fingerprint density at radius 1 is 1.45 bits per heavy atom. The van der Waals surface area contributed by atoms with Crippen molar-refractivity contribution in [3.8, 4) is 0 Å². The van der Waals surface area contributed by atoms with E-state index in [-0.39, 0.29) is 17.5 Å². The minimum absolute atomic E-state index is 0.0313. The van der Waals surface area contributed by atoms with E-state index in [0.29, 0.717) is 6.42 Å². The first kappa shape index (κ1) is 8.57. The molecular formula is C9H16O2. The summed E-state index contributed by atoms with van der Waals surface area (Å²) >= 11 is 0. The molecule has 0 amide bonds. The molecule has 0 aromatic rings. The Kier molecular flexibility index (Phi) is 2.21. The Morgan fingerprint density at radius 2 is 2.09 bits per heavy atom. The van der Waals surface area contributed by atoms with Crippen molar-refractivity contribution in [1.82, 2.24) is 0 Å². The van der Waals surface area contributed by atoms with Crippen LogP contribution in [0.1, 0.15) is 40.0 Å². The molecule has 1 atom stereocenters. The maximum Gasteiger partial charge on any atom is 0.306 e. The smallest absolute Gasteiger partial charge is 0.306 e. The van der Waals surface area contributed by atoms with Crippen LogP contribution in [0.15, 0.2) is 0 Å². The minimum Gasteiger partial charge on any atom is -0.462 e. The fourth-order valence-electron chi connectivity index (χ4n) is 1.32. The van der Waals surface area contributed by atoms with Gasteiger partial charge in [-0.25, -0.2) is 0 Å². The van der Waals surface area contributed by atoms with Crippen LogP contribution in [0, 0.1) is 5.41 Å². The summed E-state index contributed by atoms with van der Waals surface area (Å²) in [4.78, 5) is 10.9. The van der Waals surface area contributed by atoms with Gasteiger partial charge in [-0.3, -0.25) is 4.79 Å². The molecule has 0 aliphatic carbocycles. The molecule has 0 saturated carbocycles. The van der Waals surface area contributed by atoms with Crippen molar-refractivity contribution in [2.24, 2.45) is 5.41 Å². The van der Waals surface area contributed by atoms with Gasteiger partial charge < -0.3 is 4.74 Å². The maximum absolute atomic E-state index is 10.9. The maximum atomic E-state index is 10.9. The predicted octanol–water partition coefficient (Wildman–Crippen LogP) is 2.13. The lowest BCUT2D eigenvalue weighted by molar-refractivity contribution is -0.160. The standard InChI is InChI=1S/C9H16O2/c1-9(2,3)7-5-4-6-8(10)11-7/h7H,4-6H2,1-3H3. The fraction of sp³-hybridized carbons (Fsp3) is 0.889. The van der Waals surface area contributed by atoms with Gasteiger partial charge in [-0.2, -0.15) is 0 Å². The Hall–Kier alpha value is -0.530. The van der Waals surface area contributed by atoms with Crippen molar-refractivity contribution in [3.63, 3.8) is 0 Å². The summed E-state index contributed by atoms with van der Waals surface area (Å²) in [6.45, 7) is 6.32. The largest absolute Gasteiger partial charge is 0.462 e. The third-order valence-electron chi connectivity index (χ3n) is 2.09. The van der Waals surface area contributed by atoms with Crippen LogP contribution < -0.4 is 0 Å². The summed E-state index contributed by atoms with van der Waals surface area (Å²) in [6.07, 6.45) is 2.74. The van der Waals surface area contributed by atoms with Gasteiger partial charge in [0.2, 0.25) is 0 Å². The molecular weight excluding hydrogens is 140 g/mol. The number of ether oxygens (including phenoxy) is 1. The molecule has 1 aliphatic rings. The third kappa shape index (κ3) is 2.21. The highest BCUT2D eigenvalue weighted by Gasteiger charge is 2.30. The van der Waals surface area contributed by atoms with E-state index >= 15 is 0 Å². The summed E-state index contributed by atoms with van der Waals surface area (Å²) in [5, 5.41) is 0. The van der Waals surface area contributed by atoms with Crippen LogP contribution in [0.2, 0.25) is 0 Å². The number of hydrogen-bond acceptors (Lipinski definition) is 2. The second-order valence-corrected chi connectivity index (χ2v) is 4.24. The van der Waals surface area contributed by atoms with Crippen molar-refractivity contribution in [1.29, 1.82) is 0 Å². The average molecular weight is 156 g/mol. The number of carbonyl (C=O) groups is 1. The van der Waals surface area contributed by atoms with Crippen molar-refractivity contribution < 1.29 is 9.53 Å². The van der Waals surface area contributed by atoms with E-state index < -0.39 is 0 Å². The topological polar surface area (TPSA) is 26.3 Å². The molecule has 2 nitrogen and oxygen atoms in total. The van der Waals surface area contributed by atoms with E-state index in [1.807, 2.05) is 0 Å². The SMILES string of the molecule is CC(C)(C)C1CCCC(=O)O1. The Bertz CT molecular complexity index is 155. The molecule has 1 rings (SSSR count). The molecule has 0 aromatic carbocycles. The molecule has 1 heterocycles. The van der Waals surface area contributed by atoms with E-state index in [0.717, 1.165) is 12.8 Å². The van der Waals surface area contributed by atoms with Gasteiger partial charge in [-0.05, 0) is 18.3 Å². The molecule has 0 radical (unpaired) electrons. The summed E-state index contributed by atoms with van der Waals surface area (Å²) in [5.41, 5.74) is 0.107. The fourth-order valence-corrected chi connectivity index (χ4v) is 1.32. The average Bonchev–Trinajstić information content (AvgIpc) is 1.86. The first-order chi connectivity index (χ1) is 5.00. The highest BCUT2D eigenvalue weighted by atomic mass is 16.5. The van der Waals surface area contributed by atoms with E-state index in [4.69, 9.17) is 4.74 Å². The molecule has 0 N–H and O–H groups in total. The molecule has 2 heteroatoms. The van der Waals surface area contributed by atoms with Gasteiger partial charge in [0.25, 0.3) is 0 Å². The summed E-state index contributed by atoms with van der Waals surface area (Å²) in [6, 6.07) is 0. The number of esters is 1. The lowest BCUT2D eigenvalue weighted by Crippen LogP contribution is -2.34. The van der Waals surface area contributed by atoms with Crippen molar-refractivity contribution in [3.05, 3.63) is 0 Å². The van der Waals surface area contributed by atoms with Gasteiger partial charge in [0.05, 0.1) is 0 Å². The Morgan fingerprint density at radius 3 is 2.45 bits per heavy atom. The van der Waals surface area contributed by atoms with E-state index in [9.17, 15) is 4.79 Å². The minimum atomic E-state index is -0.0313. The normalized spacial score (nSPS) is 26.5. The number of hydrogen-bond donors (Lipinski definition) is 0. The number of rotatable bonds is 0. The van der Waals surface area contributed by atoms with Crippen LogP contribution in [-0.2, 0) is 9.53 Å². The van der Waals surface area contributed by atoms with E-state index in [1.165, 1.54) is 0 Å². The Balaban J connectivity index is 2.53. The first-order valence-corrected chi connectivity index (χ1v) is 4.19. The van der Waals surface area contributed by atoms with Gasteiger partial charge >= 0.3 is 5.97 Å². The molecule has 1 fully saturated rings. The van der Waals surface area contributed by atoms with Gasteiger partial charge in [0, 0.05) is 6.42 Å². The van der Waals surface area contributed by atoms with E-state index in [1.54, 1.807) is 0 Å². The monoisotopic (exact) mass is 156 g/mol. The molecule has 64 valence electrons. The molecule has 0 aromatic heterocycles. The van der Waals surface area contributed by atoms with Gasteiger partial charge in [-0.1, -0.05) is 20.8 Å². The molecule has 1 aliphatic heterocycles. The third-order valence-corrected chi connectivity index (χ3v) is 2.09. The zero-order valence-electron chi connectivity index (χ0n) is 7.52. The number of cyclic esters (lactones) is 1. The van der Waals surface area contributed by atoms with Crippen molar-refractivity contribution in [2.45, 2.75) is 46.1 Å². The summed E-state index contributed by atoms with van der Waals surface area (Å²) in [5.74, 6) is -0.0313. The van der Waals surface area contributed by atoms with Crippen LogP contribution in [0.4, 0.5) is 0 Å². The quantitative estimate of drug-likeness (QED) is 0.502. The van der Waals surface area contributed by atoms with Crippen LogP contribution in [0.5, 0.6) is 0 Å². The molecule has 0 spiro atoms. The zero-order valence-corrected chi connectivity index (χ0v) is 7.52. The van der Waals surface area contributed by atoms with Crippen molar-refractivity contribution >= 4 is 5.97 Å². The Labute approximate surface area is 67.9 Å². The lowest BCUT2D eigenvalue weighted by Gasteiger charge is -2.32. The highest BCUT2D eigenvalue weighted by Crippen LogP contribution is 2.29. The molecule has 11 heavy (non-hydrogen) atoms. The summed E-state index contributed by atoms with van der Waals surface area (Å²) < 4.78 is 5.21. The van der Waals surface area contributed by atoms with E-state index in [2.05, 4.69) is 20.8 Å². The zero-order chi connectivity index (χ0) is 8.48. The van der Waals surface area contributed by atoms with Gasteiger partial charge in [0.15, 0.2) is 0 Å². The first-order valence-electron chi connectivity index (χ1n) is 4.19. The van der Waals surface area contributed by atoms with Gasteiger partial charge in [-0.15, -0.1) is 0 Å². The molecule has 1 saturated heterocycles. The highest BCUT2D eigenvalue weighted by molar-refractivity contribution is 5.70. The summed E-state index contributed by atoms with van der Waals surface area (Å²) in [7, 11) is 0. The predicted molar refractivity (Wildman–Crippen MR) is 43.2 cm³/mol. The van der Waals surface area contributed by atoms with Crippen LogP contribution in [0.25, 0.3) is 0 Å². The van der Waals surface area contributed by atoms with Gasteiger partial charge in [0.1, 0.15) is 6.10 Å². The molecule has 1 unspecified atom stereocenters. The van der Waals surface area contributed by atoms with Crippen molar-refractivity contribution in [2.75, 3.05) is 0 Å². The number of carbonyl (C=O) groups excluding carboxylic acids is 1. The lowest BCUT2D eigenvalue weighted by atomic mass is 9.85. The van der Waals surface area contributed by atoms with Crippen LogP contribution in [-0.4, -0.2) is 12.1 Å². The van der Waals surface area contributed by atoms with Crippen LogP contribution >= 0.6 is 0 Å².